The topological polar surface area (TPSA) is 75.7 Å². The second kappa shape index (κ2) is 8.42. The summed E-state index contributed by atoms with van der Waals surface area (Å²) in [6.07, 6.45) is 3.26. The van der Waals surface area contributed by atoms with Gasteiger partial charge in [0.15, 0.2) is 0 Å². The van der Waals surface area contributed by atoms with Gasteiger partial charge in [0.25, 0.3) is 0 Å². The van der Waals surface area contributed by atoms with Crippen molar-refractivity contribution >= 4 is 16.0 Å². The molecule has 0 aliphatic carbocycles. The van der Waals surface area contributed by atoms with Gasteiger partial charge < -0.3 is 9.64 Å². The van der Waals surface area contributed by atoms with E-state index in [2.05, 4.69) is 9.62 Å². The molecular weight excluding hydrogens is 316 g/mol. The van der Waals surface area contributed by atoms with Gasteiger partial charge in [-0.1, -0.05) is 0 Å². The lowest BCUT2D eigenvalue weighted by Gasteiger charge is -2.14. The van der Waals surface area contributed by atoms with Gasteiger partial charge in [0.05, 0.1) is 17.1 Å². The lowest BCUT2D eigenvalue weighted by Crippen LogP contribution is -2.28. The predicted octanol–water partition coefficient (Wildman–Crippen LogP) is 1.63. The van der Waals surface area contributed by atoms with Crippen LogP contribution in [0.2, 0.25) is 0 Å². The van der Waals surface area contributed by atoms with Crippen molar-refractivity contribution in [2.75, 3.05) is 32.8 Å². The van der Waals surface area contributed by atoms with Crippen molar-refractivity contribution < 1.29 is 17.9 Å². The Morgan fingerprint density at radius 3 is 2.48 bits per heavy atom. The fourth-order valence-corrected chi connectivity index (χ4v) is 3.66. The van der Waals surface area contributed by atoms with E-state index in [1.165, 1.54) is 37.1 Å². The molecule has 23 heavy (non-hydrogen) atoms. The first-order valence-corrected chi connectivity index (χ1v) is 9.50. The van der Waals surface area contributed by atoms with E-state index in [4.69, 9.17) is 4.74 Å². The zero-order chi connectivity index (χ0) is 16.7. The maximum absolute atomic E-state index is 12.2. The highest BCUT2D eigenvalue weighted by molar-refractivity contribution is 7.89. The first-order chi connectivity index (χ1) is 11.0. The van der Waals surface area contributed by atoms with E-state index in [1.54, 1.807) is 6.92 Å². The van der Waals surface area contributed by atoms with Gasteiger partial charge in [0.2, 0.25) is 10.0 Å². The Kier molecular flexibility index (Phi) is 6.56. The highest BCUT2D eigenvalue weighted by atomic mass is 32.2. The molecule has 7 heteroatoms. The maximum atomic E-state index is 12.2. The van der Waals surface area contributed by atoms with E-state index < -0.39 is 16.0 Å². The Labute approximate surface area is 137 Å². The number of carbonyl (C=O) groups excluding carboxylic acids is 1. The Balaban J connectivity index is 1.84. The number of sulfonamides is 1. The third kappa shape index (κ3) is 5.30. The van der Waals surface area contributed by atoms with E-state index in [9.17, 15) is 13.2 Å². The molecule has 2 rings (SSSR count). The molecule has 1 fully saturated rings. The van der Waals surface area contributed by atoms with Gasteiger partial charge in [0, 0.05) is 6.54 Å². The average molecular weight is 340 g/mol. The van der Waals surface area contributed by atoms with E-state index >= 15 is 0 Å². The molecule has 1 aliphatic heterocycles. The molecule has 1 saturated heterocycles. The lowest BCUT2D eigenvalue weighted by atomic mass is 10.2. The summed E-state index contributed by atoms with van der Waals surface area (Å²) in [5.74, 6) is -0.449. The number of carbonyl (C=O) groups is 1. The molecule has 0 radical (unpaired) electrons. The van der Waals surface area contributed by atoms with E-state index in [0.717, 1.165) is 26.1 Å². The quantitative estimate of drug-likeness (QED) is 0.575. The summed E-state index contributed by atoms with van der Waals surface area (Å²) < 4.78 is 31.9. The van der Waals surface area contributed by atoms with Crippen LogP contribution >= 0.6 is 0 Å². The van der Waals surface area contributed by atoms with Crippen molar-refractivity contribution in [3.8, 4) is 0 Å². The van der Waals surface area contributed by atoms with Crippen LogP contribution in [-0.2, 0) is 14.8 Å². The number of hydrogen-bond donors (Lipinski definition) is 1. The second-order valence-electron chi connectivity index (χ2n) is 5.54. The van der Waals surface area contributed by atoms with Gasteiger partial charge in [-0.05, 0) is 70.1 Å². The summed E-state index contributed by atoms with van der Waals surface area (Å²) in [7, 11) is -3.53. The smallest absolute Gasteiger partial charge is 0.338 e. The number of nitrogens with zero attached hydrogens (tertiary/aromatic N) is 1. The fourth-order valence-electron chi connectivity index (χ4n) is 2.58. The molecule has 6 nitrogen and oxygen atoms in total. The molecule has 0 aromatic heterocycles. The van der Waals surface area contributed by atoms with Crippen LogP contribution in [-0.4, -0.2) is 52.1 Å². The molecule has 1 aliphatic rings. The second-order valence-corrected chi connectivity index (χ2v) is 7.31. The number of nitrogens with one attached hydrogen (secondary N) is 1. The summed E-state index contributed by atoms with van der Waals surface area (Å²) in [6.45, 7) is 5.58. The first kappa shape index (κ1) is 17.9. The SMILES string of the molecule is CCOC(=O)c1ccc(S(=O)(=O)NCCCN2CCCC2)cc1. The van der Waals surface area contributed by atoms with Crippen molar-refractivity contribution in [3.63, 3.8) is 0 Å². The van der Waals surface area contributed by atoms with Crippen LogP contribution < -0.4 is 4.72 Å². The molecule has 1 N–H and O–H groups in total. The van der Waals surface area contributed by atoms with Gasteiger partial charge in [0.1, 0.15) is 0 Å². The van der Waals surface area contributed by atoms with Gasteiger partial charge in [-0.25, -0.2) is 17.9 Å². The van der Waals surface area contributed by atoms with Gasteiger partial charge in [-0.15, -0.1) is 0 Å². The van der Waals surface area contributed by atoms with Crippen LogP contribution in [0.3, 0.4) is 0 Å². The highest BCUT2D eigenvalue weighted by Gasteiger charge is 2.16. The maximum Gasteiger partial charge on any atom is 0.338 e. The number of benzene rings is 1. The molecule has 0 amide bonds. The molecule has 1 aromatic rings. The van der Waals surface area contributed by atoms with Crippen molar-refractivity contribution in [1.29, 1.82) is 0 Å². The Hall–Kier alpha value is -1.44. The molecule has 0 atom stereocenters. The molecule has 1 aromatic carbocycles. The number of hydrogen-bond acceptors (Lipinski definition) is 5. The summed E-state index contributed by atoms with van der Waals surface area (Å²) >= 11 is 0. The van der Waals surface area contributed by atoms with Crippen molar-refractivity contribution in [2.24, 2.45) is 0 Å². The number of ether oxygens (including phenoxy) is 1. The monoisotopic (exact) mass is 340 g/mol. The Morgan fingerprint density at radius 2 is 1.87 bits per heavy atom. The number of rotatable bonds is 8. The molecule has 128 valence electrons. The first-order valence-electron chi connectivity index (χ1n) is 8.02. The van der Waals surface area contributed by atoms with Crippen LogP contribution in [0.5, 0.6) is 0 Å². The van der Waals surface area contributed by atoms with E-state index in [-0.39, 0.29) is 11.5 Å². The zero-order valence-corrected chi connectivity index (χ0v) is 14.3. The molecule has 0 spiro atoms. The van der Waals surface area contributed by atoms with Gasteiger partial charge in [-0.2, -0.15) is 0 Å². The van der Waals surface area contributed by atoms with Gasteiger partial charge >= 0.3 is 5.97 Å². The van der Waals surface area contributed by atoms with E-state index in [0.29, 0.717) is 12.1 Å². The van der Waals surface area contributed by atoms with Crippen LogP contribution in [0, 0.1) is 0 Å². The standard InChI is InChI=1S/C16H24N2O4S/c1-2-22-16(19)14-6-8-15(9-7-14)23(20,21)17-10-5-13-18-11-3-4-12-18/h6-9,17H,2-5,10-13H2,1H3. The normalized spacial score (nSPS) is 15.7. The summed E-state index contributed by atoms with van der Waals surface area (Å²) in [5.41, 5.74) is 0.347. The van der Waals surface area contributed by atoms with Crippen LogP contribution in [0.15, 0.2) is 29.2 Å². The van der Waals surface area contributed by atoms with Gasteiger partial charge in [-0.3, -0.25) is 0 Å². The number of likely N-dealkylation sites (tertiary alicyclic amines) is 1. The molecule has 1 heterocycles. The fraction of sp³-hybridized carbons (Fsp3) is 0.562. The van der Waals surface area contributed by atoms with Crippen molar-refractivity contribution in [3.05, 3.63) is 29.8 Å². The Bertz CT molecular complexity index is 607. The van der Waals surface area contributed by atoms with Crippen LogP contribution in [0.25, 0.3) is 0 Å². The third-order valence-corrected chi connectivity index (χ3v) is 5.29. The third-order valence-electron chi connectivity index (χ3n) is 3.82. The van der Waals surface area contributed by atoms with E-state index in [1.807, 2.05) is 0 Å². The largest absolute Gasteiger partial charge is 0.462 e. The number of esters is 1. The minimum absolute atomic E-state index is 0.159. The molecule has 0 bridgehead atoms. The minimum Gasteiger partial charge on any atom is -0.462 e. The van der Waals surface area contributed by atoms with Crippen molar-refractivity contribution in [2.45, 2.75) is 31.1 Å². The predicted molar refractivity (Wildman–Crippen MR) is 87.9 cm³/mol. The highest BCUT2D eigenvalue weighted by Crippen LogP contribution is 2.12. The Morgan fingerprint density at radius 1 is 1.22 bits per heavy atom. The zero-order valence-electron chi connectivity index (χ0n) is 13.5. The molecular formula is C16H24N2O4S. The summed E-state index contributed by atoms with van der Waals surface area (Å²) in [6, 6.07) is 5.79. The average Bonchev–Trinajstić information content (AvgIpc) is 3.05. The summed E-state index contributed by atoms with van der Waals surface area (Å²) in [5, 5.41) is 0. The van der Waals surface area contributed by atoms with Crippen molar-refractivity contribution in [1.82, 2.24) is 9.62 Å². The molecule has 0 unspecified atom stereocenters. The summed E-state index contributed by atoms with van der Waals surface area (Å²) in [4.78, 5) is 14.1. The van der Waals surface area contributed by atoms with Crippen LogP contribution in [0.4, 0.5) is 0 Å². The molecule has 0 saturated carbocycles. The minimum atomic E-state index is -3.53. The van der Waals surface area contributed by atoms with Crippen LogP contribution in [0.1, 0.15) is 36.5 Å². The lowest BCUT2D eigenvalue weighted by molar-refractivity contribution is 0.0526.